The minimum Gasteiger partial charge on any atom is -0.506 e. The summed E-state index contributed by atoms with van der Waals surface area (Å²) in [5.41, 5.74) is 8.41. The van der Waals surface area contributed by atoms with E-state index >= 15 is 0 Å². The normalized spacial score (nSPS) is 10.5. The van der Waals surface area contributed by atoms with Crippen molar-refractivity contribution in [2.45, 2.75) is 0 Å². The number of benzene rings is 1. The molecule has 80 valence electrons. The molecule has 4 N–H and O–H groups in total. The Morgan fingerprint density at radius 1 is 1.47 bits per heavy atom. The highest BCUT2D eigenvalue weighted by atomic mass is 79.9. The SMILES string of the molecule is NC(=S)N/N=C\c1cc(Br)c(O)c(Br)c1. The molecule has 0 spiro atoms. The summed E-state index contributed by atoms with van der Waals surface area (Å²) in [5, 5.41) is 13.3. The van der Waals surface area contributed by atoms with Gasteiger partial charge in [-0.25, -0.2) is 0 Å². The molecule has 0 bridgehead atoms. The minimum absolute atomic E-state index is 0.100. The Kier molecular flexibility index (Phi) is 4.49. The second-order valence-corrected chi connectivity index (χ2v) is 4.72. The number of nitrogens with two attached hydrogens (primary N) is 1. The lowest BCUT2D eigenvalue weighted by atomic mass is 10.2. The van der Waals surface area contributed by atoms with Gasteiger partial charge in [0.2, 0.25) is 0 Å². The van der Waals surface area contributed by atoms with Crippen LogP contribution in [-0.4, -0.2) is 16.4 Å². The van der Waals surface area contributed by atoms with Crippen molar-refractivity contribution in [2.24, 2.45) is 10.8 Å². The molecule has 4 nitrogen and oxygen atoms in total. The van der Waals surface area contributed by atoms with Gasteiger partial charge in [-0.3, -0.25) is 5.43 Å². The van der Waals surface area contributed by atoms with Crippen LogP contribution in [0, 0.1) is 0 Å². The highest BCUT2D eigenvalue weighted by molar-refractivity contribution is 9.11. The quantitative estimate of drug-likeness (QED) is 0.433. The molecule has 0 atom stereocenters. The van der Waals surface area contributed by atoms with E-state index in [2.05, 4.69) is 54.6 Å². The zero-order chi connectivity index (χ0) is 11.4. The Labute approximate surface area is 109 Å². The molecule has 15 heavy (non-hydrogen) atoms. The van der Waals surface area contributed by atoms with Crippen LogP contribution in [0.25, 0.3) is 0 Å². The van der Waals surface area contributed by atoms with E-state index in [-0.39, 0.29) is 10.9 Å². The van der Waals surface area contributed by atoms with Gasteiger partial charge >= 0.3 is 0 Å². The van der Waals surface area contributed by atoms with Gasteiger partial charge in [0.05, 0.1) is 15.2 Å². The fourth-order valence-corrected chi connectivity index (χ4v) is 2.10. The minimum atomic E-state index is 0.100. The zero-order valence-corrected chi connectivity index (χ0v) is 11.4. The lowest BCUT2D eigenvalue weighted by Crippen LogP contribution is -2.23. The fraction of sp³-hybridized carbons (Fsp3) is 0. The number of halogens is 2. The number of nitrogens with zero attached hydrogens (tertiary/aromatic N) is 1. The van der Waals surface area contributed by atoms with E-state index in [1.165, 1.54) is 6.21 Å². The zero-order valence-electron chi connectivity index (χ0n) is 7.37. The molecule has 0 aliphatic heterocycles. The molecule has 0 aliphatic rings. The molecule has 0 unspecified atom stereocenters. The van der Waals surface area contributed by atoms with Crippen molar-refractivity contribution in [1.29, 1.82) is 0 Å². The smallest absolute Gasteiger partial charge is 0.184 e. The van der Waals surface area contributed by atoms with Gasteiger partial charge in [-0.05, 0) is 61.8 Å². The molecule has 0 fully saturated rings. The van der Waals surface area contributed by atoms with Crippen molar-refractivity contribution in [3.63, 3.8) is 0 Å². The summed E-state index contributed by atoms with van der Waals surface area (Å²) < 4.78 is 1.15. The van der Waals surface area contributed by atoms with Crippen LogP contribution >= 0.6 is 44.1 Å². The number of phenols is 1. The van der Waals surface area contributed by atoms with Crippen LogP contribution < -0.4 is 11.2 Å². The van der Waals surface area contributed by atoms with Gasteiger partial charge in [0, 0.05) is 0 Å². The van der Waals surface area contributed by atoms with E-state index in [1.807, 2.05) is 0 Å². The van der Waals surface area contributed by atoms with Gasteiger partial charge < -0.3 is 10.8 Å². The molecule has 0 aromatic heterocycles. The average molecular weight is 353 g/mol. The van der Waals surface area contributed by atoms with E-state index < -0.39 is 0 Å². The third-order valence-corrected chi connectivity index (χ3v) is 2.73. The molecule has 1 aromatic rings. The number of aromatic hydroxyl groups is 1. The Morgan fingerprint density at radius 2 is 2.00 bits per heavy atom. The van der Waals surface area contributed by atoms with Gasteiger partial charge in [-0.15, -0.1) is 0 Å². The summed E-state index contributed by atoms with van der Waals surface area (Å²) in [7, 11) is 0. The topological polar surface area (TPSA) is 70.6 Å². The highest BCUT2D eigenvalue weighted by Crippen LogP contribution is 2.32. The summed E-state index contributed by atoms with van der Waals surface area (Å²) in [5.74, 6) is 0.148. The summed E-state index contributed by atoms with van der Waals surface area (Å²) >= 11 is 11.0. The number of hydrogen-bond acceptors (Lipinski definition) is 3. The Morgan fingerprint density at radius 3 is 2.47 bits per heavy atom. The Hall–Kier alpha value is -0.660. The first-order valence-electron chi connectivity index (χ1n) is 3.77. The fourth-order valence-electron chi connectivity index (χ4n) is 0.830. The maximum Gasteiger partial charge on any atom is 0.184 e. The number of phenolic OH excluding ortho intramolecular Hbond substituents is 1. The Bertz CT molecular complexity index is 399. The van der Waals surface area contributed by atoms with Crippen LogP contribution in [0.1, 0.15) is 5.56 Å². The number of nitrogens with one attached hydrogen (secondary N) is 1. The Balaban J connectivity index is 2.87. The van der Waals surface area contributed by atoms with Crippen molar-refractivity contribution in [3.05, 3.63) is 26.6 Å². The molecule has 0 amide bonds. The second-order valence-electron chi connectivity index (χ2n) is 2.57. The summed E-state index contributed by atoms with van der Waals surface area (Å²) in [6.45, 7) is 0. The molecular weight excluding hydrogens is 346 g/mol. The van der Waals surface area contributed by atoms with Crippen LogP contribution in [0.15, 0.2) is 26.2 Å². The van der Waals surface area contributed by atoms with Crippen molar-refractivity contribution >= 4 is 55.4 Å². The van der Waals surface area contributed by atoms with Gasteiger partial charge in [0.25, 0.3) is 0 Å². The summed E-state index contributed by atoms with van der Waals surface area (Å²) in [4.78, 5) is 0. The van der Waals surface area contributed by atoms with Crippen molar-refractivity contribution < 1.29 is 5.11 Å². The van der Waals surface area contributed by atoms with Crippen LogP contribution in [0.2, 0.25) is 0 Å². The van der Waals surface area contributed by atoms with E-state index in [0.717, 1.165) is 5.56 Å². The van der Waals surface area contributed by atoms with E-state index in [4.69, 9.17) is 5.73 Å². The molecule has 1 aromatic carbocycles. The molecule has 0 heterocycles. The average Bonchev–Trinajstić information content (AvgIpc) is 2.13. The van der Waals surface area contributed by atoms with Gasteiger partial charge in [0.1, 0.15) is 5.75 Å². The molecule has 0 aliphatic carbocycles. The van der Waals surface area contributed by atoms with Gasteiger partial charge in [-0.2, -0.15) is 5.10 Å². The molecule has 0 saturated heterocycles. The van der Waals surface area contributed by atoms with Crippen molar-refractivity contribution in [2.75, 3.05) is 0 Å². The summed E-state index contributed by atoms with van der Waals surface area (Å²) in [6, 6.07) is 3.43. The maximum atomic E-state index is 9.45. The van der Waals surface area contributed by atoms with Gasteiger partial charge in [0.15, 0.2) is 5.11 Å². The van der Waals surface area contributed by atoms with Crippen LogP contribution in [0.3, 0.4) is 0 Å². The predicted molar refractivity (Wildman–Crippen MR) is 71.0 cm³/mol. The lowest BCUT2D eigenvalue weighted by Gasteiger charge is -2.01. The summed E-state index contributed by atoms with van der Waals surface area (Å²) in [6.07, 6.45) is 1.54. The maximum absolute atomic E-state index is 9.45. The van der Waals surface area contributed by atoms with E-state index in [9.17, 15) is 5.11 Å². The van der Waals surface area contributed by atoms with Crippen molar-refractivity contribution in [1.82, 2.24) is 5.43 Å². The number of rotatable bonds is 2. The number of hydrazone groups is 1. The first kappa shape index (κ1) is 12.4. The van der Waals surface area contributed by atoms with Crippen LogP contribution in [0.4, 0.5) is 0 Å². The standard InChI is InChI=1S/C8H7Br2N3OS/c9-5-1-4(2-6(10)7(5)14)3-12-13-8(11)15/h1-3,14H,(H3,11,13,15)/b12-3-. The molecular formula is C8H7Br2N3OS. The first-order chi connectivity index (χ1) is 7.00. The molecule has 7 heteroatoms. The predicted octanol–water partition coefficient (Wildman–Crippen LogP) is 2.08. The molecule has 1 rings (SSSR count). The molecule has 0 radical (unpaired) electrons. The third-order valence-electron chi connectivity index (χ3n) is 1.43. The van der Waals surface area contributed by atoms with Crippen molar-refractivity contribution in [3.8, 4) is 5.75 Å². The molecule has 0 saturated carbocycles. The monoisotopic (exact) mass is 351 g/mol. The van der Waals surface area contributed by atoms with Crippen LogP contribution in [-0.2, 0) is 0 Å². The second kappa shape index (κ2) is 5.43. The van der Waals surface area contributed by atoms with E-state index in [1.54, 1.807) is 12.1 Å². The first-order valence-corrected chi connectivity index (χ1v) is 5.76. The van der Waals surface area contributed by atoms with Crippen LogP contribution in [0.5, 0.6) is 5.75 Å². The number of hydrogen-bond donors (Lipinski definition) is 3. The number of thiocarbonyl (C=S) groups is 1. The lowest BCUT2D eigenvalue weighted by molar-refractivity contribution is 0.468. The van der Waals surface area contributed by atoms with Gasteiger partial charge in [-0.1, -0.05) is 0 Å². The third kappa shape index (κ3) is 3.77. The highest BCUT2D eigenvalue weighted by Gasteiger charge is 2.04. The van der Waals surface area contributed by atoms with E-state index in [0.29, 0.717) is 8.95 Å². The largest absolute Gasteiger partial charge is 0.506 e.